The summed E-state index contributed by atoms with van der Waals surface area (Å²) in [6.45, 7) is 2.25. The lowest BCUT2D eigenvalue weighted by Crippen LogP contribution is -2.42. The number of carbonyl (C=O) groups is 2. The first-order valence-electron chi connectivity index (χ1n) is 13.4. The number of aromatic nitrogens is 3. The van der Waals surface area contributed by atoms with E-state index in [1.807, 2.05) is 55.5 Å². The molecule has 1 atom stereocenters. The average Bonchev–Trinajstić information content (AvgIpc) is 3.32. The number of rotatable bonds is 7. The standard InChI is InChI=1S/C30H28FN7O2/c1-2-38-26(21-15-16-24(35-27(21)31)33-19-11-8-12-19)22(17-32-38)29(39)37-28-30(40)34-23-14-7-6-13-20(23)25(36-28)18-9-4-3-5-10-18/h3-7,9-10,13-17,19,28H,2,8,11-12H2,1H3,(H,33,35)(H,34,40)(H,37,39)/t28-/m1/s1. The lowest BCUT2D eigenvalue weighted by atomic mass is 9.93. The van der Waals surface area contributed by atoms with Gasteiger partial charge in [-0.2, -0.15) is 9.49 Å². The number of anilines is 2. The number of halogens is 1. The number of aliphatic imine (C=N–C) groups is 1. The van der Waals surface area contributed by atoms with E-state index in [9.17, 15) is 9.59 Å². The summed E-state index contributed by atoms with van der Waals surface area (Å²) in [4.78, 5) is 35.6. The summed E-state index contributed by atoms with van der Waals surface area (Å²) in [6, 6.07) is 20.4. The maximum Gasteiger partial charge on any atom is 0.269 e. The van der Waals surface area contributed by atoms with Crippen LogP contribution in [-0.4, -0.2) is 44.5 Å². The molecule has 0 saturated heterocycles. The summed E-state index contributed by atoms with van der Waals surface area (Å²) in [7, 11) is 0. The van der Waals surface area contributed by atoms with Crippen molar-refractivity contribution in [3.8, 4) is 11.3 Å². The van der Waals surface area contributed by atoms with Gasteiger partial charge in [0.05, 0.1) is 34.4 Å². The maximum atomic E-state index is 15.3. The van der Waals surface area contributed by atoms with Gasteiger partial charge >= 0.3 is 0 Å². The number of nitrogens with one attached hydrogen (secondary N) is 3. The Labute approximate surface area is 230 Å². The molecule has 2 aromatic carbocycles. The van der Waals surface area contributed by atoms with Crippen LogP contribution in [0.1, 0.15) is 47.7 Å². The lowest BCUT2D eigenvalue weighted by Gasteiger charge is -2.26. The van der Waals surface area contributed by atoms with Crippen LogP contribution in [0.15, 0.2) is 77.9 Å². The van der Waals surface area contributed by atoms with Crippen LogP contribution in [-0.2, 0) is 11.3 Å². The van der Waals surface area contributed by atoms with E-state index in [0.717, 1.165) is 30.4 Å². The van der Waals surface area contributed by atoms with Crippen molar-refractivity contribution in [1.29, 1.82) is 0 Å². The molecule has 4 aromatic rings. The van der Waals surface area contributed by atoms with Gasteiger partial charge in [0, 0.05) is 23.7 Å². The van der Waals surface area contributed by atoms with Gasteiger partial charge in [-0.15, -0.1) is 0 Å². The van der Waals surface area contributed by atoms with E-state index < -0.39 is 23.9 Å². The molecular formula is C30H28FN7O2. The predicted molar refractivity (Wildman–Crippen MR) is 151 cm³/mol. The van der Waals surface area contributed by atoms with E-state index in [2.05, 4.69) is 31.0 Å². The summed E-state index contributed by atoms with van der Waals surface area (Å²) in [5.74, 6) is -1.35. The minimum absolute atomic E-state index is 0.119. The molecule has 3 heterocycles. The Morgan fingerprint density at radius 1 is 1.05 bits per heavy atom. The monoisotopic (exact) mass is 537 g/mol. The van der Waals surface area contributed by atoms with Crippen LogP contribution in [0.5, 0.6) is 0 Å². The molecule has 9 nitrogen and oxygen atoms in total. The zero-order valence-electron chi connectivity index (χ0n) is 21.9. The number of para-hydroxylation sites is 1. The summed E-state index contributed by atoms with van der Waals surface area (Å²) in [5, 5.41) is 13.1. The van der Waals surface area contributed by atoms with Gasteiger partial charge < -0.3 is 16.0 Å². The Hall–Kier alpha value is -4.86. The van der Waals surface area contributed by atoms with Crippen LogP contribution in [0.3, 0.4) is 0 Å². The Morgan fingerprint density at radius 2 is 1.82 bits per heavy atom. The molecule has 202 valence electrons. The van der Waals surface area contributed by atoms with Crippen molar-refractivity contribution in [3.05, 3.63) is 95.6 Å². The molecule has 0 bridgehead atoms. The quantitative estimate of drug-likeness (QED) is 0.298. The fourth-order valence-corrected chi connectivity index (χ4v) is 4.91. The van der Waals surface area contributed by atoms with Gasteiger partial charge in [0.25, 0.3) is 11.8 Å². The number of hydrogen-bond donors (Lipinski definition) is 3. The fourth-order valence-electron chi connectivity index (χ4n) is 4.91. The fraction of sp³-hybridized carbons (Fsp3) is 0.233. The van der Waals surface area contributed by atoms with Crippen molar-refractivity contribution in [2.75, 3.05) is 10.6 Å². The van der Waals surface area contributed by atoms with Crippen molar-refractivity contribution in [2.24, 2.45) is 4.99 Å². The number of nitrogens with zero attached hydrogens (tertiary/aromatic N) is 4. The van der Waals surface area contributed by atoms with E-state index >= 15 is 4.39 Å². The van der Waals surface area contributed by atoms with Gasteiger partial charge in [-0.3, -0.25) is 14.3 Å². The third-order valence-corrected chi connectivity index (χ3v) is 7.21. The summed E-state index contributed by atoms with van der Waals surface area (Å²) in [5.41, 5.74) is 3.24. The number of pyridine rings is 1. The van der Waals surface area contributed by atoms with Crippen molar-refractivity contribution >= 4 is 29.0 Å². The molecule has 3 N–H and O–H groups in total. The van der Waals surface area contributed by atoms with Gasteiger partial charge in [0.1, 0.15) is 5.82 Å². The Bertz CT molecular complexity index is 1610. The van der Waals surface area contributed by atoms with E-state index in [-0.39, 0.29) is 16.8 Å². The topological polar surface area (TPSA) is 113 Å². The highest BCUT2D eigenvalue weighted by atomic mass is 19.1. The molecule has 0 radical (unpaired) electrons. The van der Waals surface area contributed by atoms with Gasteiger partial charge in [-0.1, -0.05) is 48.5 Å². The lowest BCUT2D eigenvalue weighted by molar-refractivity contribution is -0.117. The number of aryl methyl sites for hydroxylation is 1. The molecule has 2 amide bonds. The molecule has 1 saturated carbocycles. The molecule has 1 aliphatic carbocycles. The largest absolute Gasteiger partial charge is 0.367 e. The maximum absolute atomic E-state index is 15.3. The van der Waals surface area contributed by atoms with Crippen LogP contribution in [0, 0.1) is 5.95 Å². The van der Waals surface area contributed by atoms with Crippen LogP contribution < -0.4 is 16.0 Å². The number of amides is 2. The number of fused-ring (bicyclic) bond motifs is 1. The highest BCUT2D eigenvalue weighted by molar-refractivity contribution is 6.20. The Kier molecular flexibility index (Phi) is 6.81. The predicted octanol–water partition coefficient (Wildman–Crippen LogP) is 4.61. The third kappa shape index (κ3) is 4.84. The van der Waals surface area contributed by atoms with E-state index in [1.54, 1.807) is 18.2 Å². The van der Waals surface area contributed by atoms with Gasteiger partial charge in [-0.25, -0.2) is 9.98 Å². The molecule has 2 aliphatic rings. The minimum Gasteiger partial charge on any atom is -0.367 e. The third-order valence-electron chi connectivity index (χ3n) is 7.21. The van der Waals surface area contributed by atoms with Crippen LogP contribution in [0.25, 0.3) is 11.3 Å². The smallest absolute Gasteiger partial charge is 0.269 e. The van der Waals surface area contributed by atoms with Crippen molar-refractivity contribution in [2.45, 2.75) is 44.9 Å². The highest BCUT2D eigenvalue weighted by Gasteiger charge is 2.30. The molecule has 0 unspecified atom stereocenters. The van der Waals surface area contributed by atoms with Crippen molar-refractivity contribution in [3.63, 3.8) is 0 Å². The summed E-state index contributed by atoms with van der Waals surface area (Å²) >= 11 is 0. The SMILES string of the molecule is CCn1ncc(C(=O)N[C@H]2N=C(c3ccccc3)c3ccccc3NC2=O)c1-c1ccc(NC2CCC2)nc1F. The molecule has 0 spiro atoms. The molecule has 1 aliphatic heterocycles. The zero-order valence-corrected chi connectivity index (χ0v) is 21.9. The second-order valence-electron chi connectivity index (χ2n) is 9.78. The first-order valence-corrected chi connectivity index (χ1v) is 13.4. The molecule has 40 heavy (non-hydrogen) atoms. The number of carbonyl (C=O) groups excluding carboxylic acids is 2. The number of benzene rings is 2. The summed E-state index contributed by atoms with van der Waals surface area (Å²) < 4.78 is 16.8. The molecule has 1 fully saturated rings. The average molecular weight is 538 g/mol. The van der Waals surface area contributed by atoms with Crippen LogP contribution in [0.2, 0.25) is 0 Å². The minimum atomic E-state index is -1.23. The van der Waals surface area contributed by atoms with Crippen molar-refractivity contribution in [1.82, 2.24) is 20.1 Å². The number of benzodiazepines with no additional fused rings is 1. The molecule has 2 aromatic heterocycles. The van der Waals surface area contributed by atoms with E-state index in [0.29, 0.717) is 29.8 Å². The zero-order chi connectivity index (χ0) is 27.6. The molecule has 6 rings (SSSR count). The van der Waals surface area contributed by atoms with Crippen LogP contribution >= 0.6 is 0 Å². The number of hydrogen-bond acceptors (Lipinski definition) is 6. The first-order chi connectivity index (χ1) is 19.5. The van der Waals surface area contributed by atoms with Gasteiger partial charge in [-0.05, 0) is 44.4 Å². The van der Waals surface area contributed by atoms with E-state index in [1.165, 1.54) is 10.9 Å². The second-order valence-corrected chi connectivity index (χ2v) is 9.78. The van der Waals surface area contributed by atoms with E-state index in [4.69, 9.17) is 0 Å². The van der Waals surface area contributed by atoms with Crippen molar-refractivity contribution < 1.29 is 14.0 Å². The Balaban J connectivity index is 1.33. The Morgan fingerprint density at radius 3 is 2.55 bits per heavy atom. The second kappa shape index (κ2) is 10.7. The normalized spacial score (nSPS) is 16.7. The summed E-state index contributed by atoms with van der Waals surface area (Å²) in [6.07, 6.45) is 3.36. The van der Waals surface area contributed by atoms with Crippen LogP contribution in [0.4, 0.5) is 15.9 Å². The van der Waals surface area contributed by atoms with Gasteiger partial charge in [0.2, 0.25) is 12.1 Å². The molecular weight excluding hydrogens is 509 g/mol. The highest BCUT2D eigenvalue weighted by Crippen LogP contribution is 2.29. The first kappa shape index (κ1) is 25.4. The molecule has 10 heteroatoms. The van der Waals surface area contributed by atoms with Gasteiger partial charge in [0.15, 0.2) is 0 Å².